The van der Waals surface area contributed by atoms with E-state index in [1.165, 1.54) is 16.3 Å². The van der Waals surface area contributed by atoms with Crippen LogP contribution in [0.15, 0.2) is 33.0 Å². The van der Waals surface area contributed by atoms with Crippen LogP contribution in [-0.2, 0) is 4.74 Å². The maximum Gasteiger partial charge on any atom is 0.366 e. The number of hydrogen-bond donors (Lipinski definition) is 1. The van der Waals surface area contributed by atoms with Gasteiger partial charge in [-0.1, -0.05) is 10.3 Å². The lowest BCUT2D eigenvalue weighted by Gasteiger charge is -2.13. The van der Waals surface area contributed by atoms with Crippen molar-refractivity contribution in [2.24, 2.45) is 16.1 Å². The quantitative estimate of drug-likeness (QED) is 0.320. The summed E-state index contributed by atoms with van der Waals surface area (Å²) >= 11 is 1.27. The number of benzene rings is 1. The number of nitrogens with two attached hydrogens (primary N) is 1. The molecule has 0 spiro atoms. The first-order valence-corrected chi connectivity index (χ1v) is 8.25. The van der Waals surface area contributed by atoms with Gasteiger partial charge in [0, 0.05) is 12.4 Å². The lowest BCUT2D eigenvalue weighted by Crippen LogP contribution is -2.24. The van der Waals surface area contributed by atoms with Crippen LogP contribution in [0.5, 0.6) is 0 Å². The molecule has 9 nitrogen and oxygen atoms in total. The highest BCUT2D eigenvalue weighted by Crippen LogP contribution is 2.39. The van der Waals surface area contributed by atoms with E-state index in [1.807, 2.05) is 0 Å². The smallest absolute Gasteiger partial charge is 0.366 e. The molecule has 0 saturated heterocycles. The van der Waals surface area contributed by atoms with Crippen molar-refractivity contribution in [3.63, 3.8) is 0 Å². The molecule has 0 radical (unpaired) electrons. The predicted molar refractivity (Wildman–Crippen MR) is 93.6 cm³/mol. The number of nitrogens with zero attached hydrogens (tertiary/aromatic N) is 5. The molecular formula is C15H16N6O3S. The number of hydrogen-bond acceptors (Lipinski definition) is 10. The molecule has 0 fully saturated rings. The van der Waals surface area contributed by atoms with Gasteiger partial charge in [-0.2, -0.15) is 4.98 Å². The fraction of sp³-hybridized carbons (Fsp3) is 0.267. The topological polar surface area (TPSA) is 119 Å². The Morgan fingerprint density at radius 2 is 2.24 bits per heavy atom. The van der Waals surface area contributed by atoms with Crippen molar-refractivity contribution in [2.75, 3.05) is 18.7 Å². The van der Waals surface area contributed by atoms with Gasteiger partial charge in [0.25, 0.3) is 0 Å². The zero-order valence-corrected chi connectivity index (χ0v) is 14.7. The molecule has 130 valence electrons. The fourth-order valence-electron chi connectivity index (χ4n) is 2.21. The molecule has 0 aliphatic rings. The lowest BCUT2D eigenvalue weighted by atomic mass is 10.2. The number of esters is 1. The van der Waals surface area contributed by atoms with E-state index in [9.17, 15) is 4.79 Å². The number of ether oxygens (including phenoxy) is 1. The van der Waals surface area contributed by atoms with Gasteiger partial charge in [-0.05, 0) is 32.0 Å². The van der Waals surface area contributed by atoms with E-state index in [-0.39, 0.29) is 12.0 Å². The zero-order chi connectivity index (χ0) is 18.0. The van der Waals surface area contributed by atoms with Crippen LogP contribution in [-0.4, -0.2) is 29.8 Å². The van der Waals surface area contributed by atoms with Crippen molar-refractivity contribution in [3.8, 4) is 0 Å². The lowest BCUT2D eigenvalue weighted by molar-refractivity contribution is 0.0532. The normalized spacial score (nSPS) is 11.4. The maximum absolute atomic E-state index is 12.0. The summed E-state index contributed by atoms with van der Waals surface area (Å²) in [5.74, 6) is 5.96. The van der Waals surface area contributed by atoms with E-state index in [0.717, 1.165) is 15.8 Å². The molecule has 2 N–H and O–H groups in total. The molecule has 0 amide bonds. The second kappa shape index (κ2) is 6.95. The molecule has 0 atom stereocenters. The average Bonchev–Trinajstić information content (AvgIpc) is 3.19. The number of fused-ring (bicyclic) bond motifs is 1. The van der Waals surface area contributed by atoms with Gasteiger partial charge in [0.2, 0.25) is 0 Å². The minimum atomic E-state index is -0.385. The van der Waals surface area contributed by atoms with Crippen LogP contribution in [0.2, 0.25) is 0 Å². The summed E-state index contributed by atoms with van der Waals surface area (Å²) < 4.78 is 10.7. The van der Waals surface area contributed by atoms with E-state index >= 15 is 0 Å². The number of rotatable bonds is 5. The Kier molecular flexibility index (Phi) is 4.72. The number of carbonyl (C=O) groups excluding carboxylic acids is 1. The van der Waals surface area contributed by atoms with Gasteiger partial charge in [-0.3, -0.25) is 0 Å². The molecule has 0 bridgehead atoms. The van der Waals surface area contributed by atoms with Crippen molar-refractivity contribution in [1.29, 1.82) is 0 Å². The molecule has 0 unspecified atom stereocenters. The first-order chi connectivity index (χ1) is 12.0. The number of carbonyl (C=O) groups is 1. The molecule has 0 aliphatic carbocycles. The van der Waals surface area contributed by atoms with Crippen molar-refractivity contribution in [1.82, 2.24) is 10.1 Å². The summed E-state index contributed by atoms with van der Waals surface area (Å²) in [6.07, 6.45) is 0. The highest BCUT2D eigenvalue weighted by molar-refractivity contribution is 7.21. The van der Waals surface area contributed by atoms with E-state index in [4.69, 9.17) is 15.1 Å². The Hall–Kier alpha value is -2.85. The summed E-state index contributed by atoms with van der Waals surface area (Å²) in [7, 11) is 1.72. The van der Waals surface area contributed by atoms with Gasteiger partial charge in [-0.15, -0.1) is 16.5 Å². The monoisotopic (exact) mass is 360 g/mol. The molecular weight excluding hydrogens is 344 g/mol. The van der Waals surface area contributed by atoms with Crippen molar-refractivity contribution < 1.29 is 14.1 Å². The van der Waals surface area contributed by atoms with Gasteiger partial charge in [0.1, 0.15) is 10.6 Å². The predicted octanol–water partition coefficient (Wildman–Crippen LogP) is 3.49. The molecule has 2 heterocycles. The van der Waals surface area contributed by atoms with Gasteiger partial charge in [0.15, 0.2) is 5.82 Å². The first-order valence-electron chi connectivity index (χ1n) is 7.43. The van der Waals surface area contributed by atoms with E-state index in [1.54, 1.807) is 39.1 Å². The number of aryl methyl sites for hydroxylation is 1. The Labute approximate surface area is 147 Å². The molecule has 10 heteroatoms. The van der Waals surface area contributed by atoms with Crippen LogP contribution >= 0.6 is 11.3 Å². The molecule has 0 saturated carbocycles. The summed E-state index contributed by atoms with van der Waals surface area (Å²) in [5.41, 5.74) is 1.33. The van der Waals surface area contributed by atoms with E-state index < -0.39 is 0 Å². The van der Waals surface area contributed by atoms with Crippen LogP contribution in [0.4, 0.5) is 17.4 Å². The van der Waals surface area contributed by atoms with Gasteiger partial charge >= 0.3 is 12.0 Å². The number of aromatic nitrogens is 2. The Morgan fingerprint density at radius 3 is 2.88 bits per heavy atom. The Bertz CT molecular complexity index is 946. The Morgan fingerprint density at radius 1 is 1.44 bits per heavy atom. The number of azo groups is 1. The molecule has 2 aromatic heterocycles. The van der Waals surface area contributed by atoms with Crippen LogP contribution in [0.25, 0.3) is 10.1 Å². The van der Waals surface area contributed by atoms with Gasteiger partial charge in [-0.25, -0.2) is 10.6 Å². The third-order valence-electron chi connectivity index (χ3n) is 3.26. The van der Waals surface area contributed by atoms with Crippen LogP contribution < -0.4 is 10.9 Å². The number of anilines is 1. The number of hydrazine groups is 1. The standard InChI is InChI=1S/C15H16N6O3S/c1-4-23-14(22)12-7-9-11(21(3)16)6-5-10(13(9)25-12)18-19-15-17-8(2)20-24-15/h5-7H,4,16H2,1-3H3. The molecule has 3 rings (SSSR count). The minimum Gasteiger partial charge on any atom is -0.462 e. The zero-order valence-electron chi connectivity index (χ0n) is 13.9. The summed E-state index contributed by atoms with van der Waals surface area (Å²) in [6.45, 7) is 3.76. The van der Waals surface area contributed by atoms with Crippen LogP contribution in [0.3, 0.4) is 0 Å². The summed E-state index contributed by atoms with van der Waals surface area (Å²) in [4.78, 5) is 16.5. The number of thiophene rings is 1. The molecule has 25 heavy (non-hydrogen) atoms. The van der Waals surface area contributed by atoms with Gasteiger partial charge in [0.05, 0.1) is 17.0 Å². The second-order valence-electron chi connectivity index (χ2n) is 5.11. The summed E-state index contributed by atoms with van der Waals surface area (Å²) in [5, 5.41) is 14.0. The fourth-order valence-corrected chi connectivity index (χ4v) is 3.23. The largest absolute Gasteiger partial charge is 0.462 e. The SMILES string of the molecule is CCOC(=O)c1cc2c(N(C)N)ccc(N=Nc3nc(C)no3)c2s1. The molecule has 0 aliphatic heterocycles. The highest BCUT2D eigenvalue weighted by atomic mass is 32.1. The maximum atomic E-state index is 12.0. The third-order valence-corrected chi connectivity index (χ3v) is 4.39. The first kappa shape index (κ1) is 17.0. The Balaban J connectivity index is 2.07. The van der Waals surface area contributed by atoms with Gasteiger partial charge < -0.3 is 14.3 Å². The van der Waals surface area contributed by atoms with Crippen molar-refractivity contribution in [2.45, 2.75) is 13.8 Å². The highest BCUT2D eigenvalue weighted by Gasteiger charge is 2.17. The second-order valence-corrected chi connectivity index (χ2v) is 6.17. The van der Waals surface area contributed by atoms with Crippen molar-refractivity contribution >= 4 is 44.8 Å². The van der Waals surface area contributed by atoms with E-state index in [2.05, 4.69) is 20.4 Å². The molecule has 3 aromatic rings. The summed E-state index contributed by atoms with van der Waals surface area (Å²) in [6, 6.07) is 5.37. The van der Waals surface area contributed by atoms with Crippen LogP contribution in [0.1, 0.15) is 22.4 Å². The van der Waals surface area contributed by atoms with Crippen molar-refractivity contribution in [3.05, 3.63) is 28.9 Å². The van der Waals surface area contributed by atoms with E-state index in [0.29, 0.717) is 23.0 Å². The minimum absolute atomic E-state index is 0.0628. The average molecular weight is 360 g/mol. The third kappa shape index (κ3) is 3.49. The van der Waals surface area contributed by atoms with Crippen LogP contribution in [0, 0.1) is 6.92 Å². The molecule has 1 aromatic carbocycles.